The highest BCUT2D eigenvalue weighted by molar-refractivity contribution is 7.89. The van der Waals surface area contributed by atoms with Crippen LogP contribution in [0.1, 0.15) is 11.1 Å². The molecule has 9 heteroatoms. The van der Waals surface area contributed by atoms with E-state index < -0.39 is 10.0 Å². The van der Waals surface area contributed by atoms with Crippen LogP contribution in [0.15, 0.2) is 52.4 Å². The molecule has 2 rings (SSSR count). The van der Waals surface area contributed by atoms with E-state index in [9.17, 15) is 8.42 Å². The number of hydrogen-bond donors (Lipinski definition) is 3. The monoisotopic (exact) mass is 434 g/mol. The quantitative estimate of drug-likeness (QED) is 0.299. The van der Waals surface area contributed by atoms with E-state index in [4.69, 9.17) is 9.47 Å². The number of ether oxygens (including phenoxy) is 2. The topological polar surface area (TPSA) is 101 Å². The standard InChI is InChI=1S/C21H30N4O4S/c1-16-5-8-18(9-6-16)30(26,27)25-14-13-24-21(22-2)23-12-11-17-7-10-19(28-3)20(15-17)29-4/h5-10,15,25H,11-14H2,1-4H3,(H2,22,23,24). The summed E-state index contributed by atoms with van der Waals surface area (Å²) < 4.78 is 37.7. The molecular weight excluding hydrogens is 404 g/mol. The van der Waals surface area contributed by atoms with Gasteiger partial charge in [-0.1, -0.05) is 23.8 Å². The van der Waals surface area contributed by atoms with Crippen LogP contribution in [0.25, 0.3) is 0 Å². The number of hydrogen-bond acceptors (Lipinski definition) is 5. The van der Waals surface area contributed by atoms with Crippen LogP contribution in [0.2, 0.25) is 0 Å². The van der Waals surface area contributed by atoms with Gasteiger partial charge in [-0.15, -0.1) is 0 Å². The van der Waals surface area contributed by atoms with Gasteiger partial charge in [-0.2, -0.15) is 0 Å². The molecule has 0 spiro atoms. The lowest BCUT2D eigenvalue weighted by Gasteiger charge is -2.13. The first-order valence-electron chi connectivity index (χ1n) is 9.61. The first kappa shape index (κ1) is 23.5. The highest BCUT2D eigenvalue weighted by Crippen LogP contribution is 2.27. The van der Waals surface area contributed by atoms with Gasteiger partial charge in [-0.3, -0.25) is 4.99 Å². The van der Waals surface area contributed by atoms with Crippen molar-refractivity contribution in [2.24, 2.45) is 4.99 Å². The van der Waals surface area contributed by atoms with Crippen LogP contribution in [0.5, 0.6) is 11.5 Å². The largest absolute Gasteiger partial charge is 0.493 e. The maximum atomic E-state index is 12.3. The minimum Gasteiger partial charge on any atom is -0.493 e. The fraction of sp³-hybridized carbons (Fsp3) is 0.381. The number of guanidine groups is 1. The van der Waals surface area contributed by atoms with Crippen molar-refractivity contribution in [3.05, 3.63) is 53.6 Å². The van der Waals surface area contributed by atoms with Crippen molar-refractivity contribution in [2.45, 2.75) is 18.2 Å². The summed E-state index contributed by atoms with van der Waals surface area (Å²) in [5, 5.41) is 6.31. The second-order valence-electron chi connectivity index (χ2n) is 6.58. The van der Waals surface area contributed by atoms with Crippen LogP contribution in [0, 0.1) is 6.92 Å². The van der Waals surface area contributed by atoms with Gasteiger partial charge in [-0.05, 0) is 43.2 Å². The zero-order valence-electron chi connectivity index (χ0n) is 17.9. The number of rotatable bonds is 10. The van der Waals surface area contributed by atoms with Gasteiger partial charge in [0.15, 0.2) is 17.5 Å². The molecule has 0 saturated heterocycles. The minimum atomic E-state index is -3.52. The lowest BCUT2D eigenvalue weighted by atomic mass is 10.1. The number of nitrogens with zero attached hydrogens (tertiary/aromatic N) is 1. The molecule has 0 heterocycles. The molecule has 164 valence electrons. The smallest absolute Gasteiger partial charge is 0.240 e. The second kappa shape index (κ2) is 11.4. The molecule has 0 aliphatic carbocycles. The number of aliphatic imine (C=N–C) groups is 1. The Morgan fingerprint density at radius 2 is 1.60 bits per heavy atom. The van der Waals surface area contributed by atoms with Gasteiger partial charge in [0.1, 0.15) is 0 Å². The molecule has 2 aromatic rings. The third-order valence-electron chi connectivity index (χ3n) is 4.42. The van der Waals surface area contributed by atoms with Crippen molar-refractivity contribution in [3.8, 4) is 11.5 Å². The second-order valence-corrected chi connectivity index (χ2v) is 8.34. The van der Waals surface area contributed by atoms with E-state index in [0.29, 0.717) is 30.5 Å². The van der Waals surface area contributed by atoms with Gasteiger partial charge in [0, 0.05) is 26.7 Å². The van der Waals surface area contributed by atoms with E-state index in [1.165, 1.54) is 0 Å². The third kappa shape index (κ3) is 6.93. The predicted octanol–water partition coefficient (Wildman–Crippen LogP) is 1.70. The van der Waals surface area contributed by atoms with Gasteiger partial charge in [0.2, 0.25) is 10.0 Å². The molecule has 0 saturated carbocycles. The van der Waals surface area contributed by atoms with Crippen molar-refractivity contribution in [1.82, 2.24) is 15.4 Å². The van der Waals surface area contributed by atoms with E-state index in [0.717, 1.165) is 17.5 Å². The van der Waals surface area contributed by atoms with E-state index in [1.54, 1.807) is 45.5 Å². The Balaban J connectivity index is 1.75. The first-order chi connectivity index (χ1) is 14.4. The van der Waals surface area contributed by atoms with E-state index in [1.807, 2.05) is 25.1 Å². The molecule has 2 aromatic carbocycles. The maximum Gasteiger partial charge on any atom is 0.240 e. The van der Waals surface area contributed by atoms with Crippen molar-refractivity contribution < 1.29 is 17.9 Å². The van der Waals surface area contributed by atoms with E-state index >= 15 is 0 Å². The average molecular weight is 435 g/mol. The lowest BCUT2D eigenvalue weighted by molar-refractivity contribution is 0.354. The SMILES string of the molecule is CN=C(NCCNS(=O)(=O)c1ccc(C)cc1)NCCc1ccc(OC)c(OC)c1. The summed E-state index contributed by atoms with van der Waals surface area (Å²) in [6, 6.07) is 12.5. The van der Waals surface area contributed by atoms with Crippen LogP contribution in [0.4, 0.5) is 0 Å². The molecule has 0 aliphatic rings. The number of sulfonamides is 1. The molecule has 8 nitrogen and oxygen atoms in total. The molecule has 3 N–H and O–H groups in total. The summed E-state index contributed by atoms with van der Waals surface area (Å²) in [6.07, 6.45) is 0.765. The van der Waals surface area contributed by atoms with Gasteiger partial charge in [0.25, 0.3) is 0 Å². The van der Waals surface area contributed by atoms with E-state index in [2.05, 4.69) is 20.3 Å². The zero-order valence-corrected chi connectivity index (χ0v) is 18.7. The summed E-state index contributed by atoms with van der Waals surface area (Å²) in [5.74, 6) is 1.99. The maximum absolute atomic E-state index is 12.3. The number of benzene rings is 2. The lowest BCUT2D eigenvalue weighted by Crippen LogP contribution is -2.42. The molecule has 0 radical (unpaired) electrons. The summed E-state index contributed by atoms with van der Waals surface area (Å²) in [7, 11) is 1.37. The molecule has 0 bridgehead atoms. The number of aryl methyl sites for hydroxylation is 1. The summed E-state index contributed by atoms with van der Waals surface area (Å²) >= 11 is 0. The highest BCUT2D eigenvalue weighted by atomic mass is 32.2. The minimum absolute atomic E-state index is 0.243. The summed E-state index contributed by atoms with van der Waals surface area (Å²) in [5.41, 5.74) is 2.11. The molecule has 30 heavy (non-hydrogen) atoms. The number of methoxy groups -OCH3 is 2. The highest BCUT2D eigenvalue weighted by Gasteiger charge is 2.12. The molecule has 0 amide bonds. The van der Waals surface area contributed by atoms with Gasteiger partial charge in [0.05, 0.1) is 19.1 Å². The molecule has 0 aliphatic heterocycles. The molecular formula is C21H30N4O4S. The normalized spacial score (nSPS) is 11.8. The summed E-state index contributed by atoms with van der Waals surface area (Å²) in [6.45, 7) is 3.22. The van der Waals surface area contributed by atoms with Crippen LogP contribution in [0.3, 0.4) is 0 Å². The van der Waals surface area contributed by atoms with Crippen molar-refractivity contribution >= 4 is 16.0 Å². The van der Waals surface area contributed by atoms with Crippen LogP contribution in [-0.4, -0.2) is 55.3 Å². The van der Waals surface area contributed by atoms with Crippen molar-refractivity contribution in [1.29, 1.82) is 0 Å². The average Bonchev–Trinajstić information content (AvgIpc) is 2.75. The van der Waals surface area contributed by atoms with Gasteiger partial charge < -0.3 is 20.1 Å². The zero-order chi connectivity index (χ0) is 22.0. The fourth-order valence-electron chi connectivity index (χ4n) is 2.75. The Morgan fingerprint density at radius 3 is 2.23 bits per heavy atom. The Morgan fingerprint density at radius 1 is 0.933 bits per heavy atom. The fourth-order valence-corrected chi connectivity index (χ4v) is 3.78. The predicted molar refractivity (Wildman–Crippen MR) is 119 cm³/mol. The molecule has 0 fully saturated rings. The van der Waals surface area contributed by atoms with Crippen LogP contribution in [-0.2, 0) is 16.4 Å². The Bertz CT molecular complexity index is 944. The van der Waals surface area contributed by atoms with Gasteiger partial charge >= 0.3 is 0 Å². The van der Waals surface area contributed by atoms with Crippen LogP contribution >= 0.6 is 0 Å². The van der Waals surface area contributed by atoms with Crippen molar-refractivity contribution in [3.63, 3.8) is 0 Å². The Kier molecular flexibility index (Phi) is 8.94. The molecule has 0 aromatic heterocycles. The molecule has 0 unspecified atom stereocenters. The Labute approximate surface area is 178 Å². The number of nitrogens with one attached hydrogen (secondary N) is 3. The first-order valence-corrected chi connectivity index (χ1v) is 11.1. The van der Waals surface area contributed by atoms with E-state index in [-0.39, 0.29) is 11.4 Å². The van der Waals surface area contributed by atoms with Crippen molar-refractivity contribution in [2.75, 3.05) is 40.9 Å². The Hall–Kier alpha value is -2.78. The van der Waals surface area contributed by atoms with Gasteiger partial charge in [-0.25, -0.2) is 13.1 Å². The summed E-state index contributed by atoms with van der Waals surface area (Å²) in [4.78, 5) is 4.41. The molecule has 0 atom stereocenters. The van der Waals surface area contributed by atoms with Crippen LogP contribution < -0.4 is 24.8 Å². The third-order valence-corrected chi connectivity index (χ3v) is 5.90.